The molecule has 3 aliphatic heterocycles. The Balaban J connectivity index is 1.70. The van der Waals surface area contributed by atoms with Gasteiger partial charge in [0.2, 0.25) is 0 Å². The minimum Gasteiger partial charge on any atom is -0.493 e. The molecule has 0 aliphatic carbocycles. The fraction of sp³-hybridized carbons (Fsp3) is 0.500. The minimum absolute atomic E-state index is 0.00686. The molecule has 34 heavy (non-hydrogen) atoms. The maximum atomic E-state index is 10.6. The van der Waals surface area contributed by atoms with E-state index in [0.29, 0.717) is 23.0 Å². The summed E-state index contributed by atoms with van der Waals surface area (Å²) in [6.45, 7) is -0.0842. The summed E-state index contributed by atoms with van der Waals surface area (Å²) in [5, 5.41) is 20.9. The highest BCUT2D eigenvalue weighted by Gasteiger charge is 2.54. The van der Waals surface area contributed by atoms with Crippen LogP contribution < -0.4 is 18.9 Å². The van der Waals surface area contributed by atoms with Crippen LogP contribution in [0.25, 0.3) is 0 Å². The maximum Gasteiger partial charge on any atom is 0.161 e. The van der Waals surface area contributed by atoms with E-state index in [2.05, 4.69) is 35.0 Å². The van der Waals surface area contributed by atoms with Crippen molar-refractivity contribution < 1.29 is 24.1 Å². The van der Waals surface area contributed by atoms with Crippen molar-refractivity contribution in [3.63, 3.8) is 0 Å². The van der Waals surface area contributed by atoms with E-state index in [1.807, 2.05) is 12.1 Å². The Morgan fingerprint density at radius 1 is 0.853 bits per heavy atom. The van der Waals surface area contributed by atoms with Gasteiger partial charge in [0.1, 0.15) is 6.04 Å². The van der Waals surface area contributed by atoms with Crippen molar-refractivity contribution in [2.45, 2.75) is 43.1 Å². The first kappa shape index (κ1) is 22.8. The summed E-state index contributed by atoms with van der Waals surface area (Å²) in [4.78, 5) is 4.58. The molecular formula is C26H31N3O5. The molecule has 1 N–H and O–H groups in total. The number of ether oxygens (including phenoxy) is 4. The zero-order valence-corrected chi connectivity index (χ0v) is 20.2. The molecule has 0 aromatic heterocycles. The first-order chi connectivity index (χ1) is 16.5. The zero-order chi connectivity index (χ0) is 24.1. The topological polar surface area (TPSA) is 87.4 Å². The number of nitrogens with zero attached hydrogens (tertiary/aromatic N) is 3. The van der Waals surface area contributed by atoms with E-state index in [1.165, 1.54) is 11.1 Å². The predicted octanol–water partition coefficient (Wildman–Crippen LogP) is 2.48. The lowest BCUT2D eigenvalue weighted by atomic mass is 9.73. The molecule has 8 heteroatoms. The van der Waals surface area contributed by atoms with Gasteiger partial charge in [-0.1, -0.05) is 0 Å². The number of hydrogen-bond acceptors (Lipinski definition) is 8. The molecule has 0 saturated carbocycles. The third kappa shape index (κ3) is 3.15. The van der Waals surface area contributed by atoms with Crippen LogP contribution in [-0.4, -0.2) is 75.1 Å². The van der Waals surface area contributed by atoms with E-state index in [0.717, 1.165) is 24.0 Å². The molecule has 3 aliphatic rings. The lowest BCUT2D eigenvalue weighted by Crippen LogP contribution is -2.68. The van der Waals surface area contributed by atoms with E-state index < -0.39 is 0 Å². The Morgan fingerprint density at radius 3 is 1.88 bits per heavy atom. The van der Waals surface area contributed by atoms with Gasteiger partial charge in [-0.25, -0.2) is 0 Å². The monoisotopic (exact) mass is 465 g/mol. The van der Waals surface area contributed by atoms with Crippen LogP contribution in [0.2, 0.25) is 0 Å². The Morgan fingerprint density at radius 2 is 1.35 bits per heavy atom. The third-order valence-corrected chi connectivity index (χ3v) is 7.89. The normalized spacial score (nSPS) is 27.6. The molecule has 3 heterocycles. The van der Waals surface area contributed by atoms with Crippen LogP contribution >= 0.6 is 0 Å². The van der Waals surface area contributed by atoms with Crippen molar-refractivity contribution in [3.05, 3.63) is 46.5 Å². The summed E-state index contributed by atoms with van der Waals surface area (Å²) in [6.07, 6.45) is 1.45. The molecule has 0 amide bonds. The van der Waals surface area contributed by atoms with Crippen LogP contribution in [0.5, 0.6) is 23.0 Å². The summed E-state index contributed by atoms with van der Waals surface area (Å²) in [7, 11) is 8.64. The highest BCUT2D eigenvalue weighted by atomic mass is 16.5. The van der Waals surface area contributed by atoms with Gasteiger partial charge in [0.05, 0.1) is 53.2 Å². The van der Waals surface area contributed by atoms with Crippen LogP contribution in [-0.2, 0) is 12.8 Å². The molecule has 0 radical (unpaired) electrons. The highest BCUT2D eigenvalue weighted by Crippen LogP contribution is 2.52. The third-order valence-electron chi connectivity index (χ3n) is 7.89. The molecule has 2 aromatic rings. The average Bonchev–Trinajstić information content (AvgIpc) is 2.86. The zero-order valence-electron chi connectivity index (χ0n) is 20.2. The van der Waals surface area contributed by atoms with E-state index in [9.17, 15) is 10.4 Å². The quantitative estimate of drug-likeness (QED) is 0.721. The minimum atomic E-state index is -0.370. The van der Waals surface area contributed by atoms with E-state index in [-0.39, 0.29) is 36.8 Å². The lowest BCUT2D eigenvalue weighted by molar-refractivity contribution is -0.0813. The Kier molecular flexibility index (Phi) is 5.80. The van der Waals surface area contributed by atoms with Crippen LogP contribution in [0.15, 0.2) is 24.3 Å². The summed E-state index contributed by atoms with van der Waals surface area (Å²) in [6, 6.07) is 10.0. The van der Waals surface area contributed by atoms with Crippen molar-refractivity contribution in [1.82, 2.24) is 9.80 Å². The first-order valence-corrected chi connectivity index (χ1v) is 11.5. The Labute approximate surface area is 200 Å². The van der Waals surface area contributed by atoms with E-state index >= 15 is 0 Å². The molecule has 0 spiro atoms. The van der Waals surface area contributed by atoms with Crippen molar-refractivity contribution in [2.75, 3.05) is 42.1 Å². The standard InChI is InChI=1S/C26H31N3O5/c1-28-18-6-15-9-23(32-3)25(34-5)11-17(15)26(28)19-7-14-8-22(31-2)24(33-4)10-16(14)21(13-30)29(19)20(18)12-27/h8-11,18-21,26,30H,6-7,13H2,1-5H3/t18-,19-,20-,21-,26+/m0/s1. The summed E-state index contributed by atoms with van der Waals surface area (Å²) < 4.78 is 22.3. The molecule has 180 valence electrons. The van der Waals surface area contributed by atoms with Gasteiger partial charge in [0.25, 0.3) is 0 Å². The molecule has 8 nitrogen and oxygen atoms in total. The number of likely N-dealkylation sites (N-methyl/N-ethyl adjacent to an activating group) is 1. The van der Waals surface area contributed by atoms with Gasteiger partial charge < -0.3 is 24.1 Å². The first-order valence-electron chi connectivity index (χ1n) is 11.5. The molecule has 2 bridgehead atoms. The molecule has 1 fully saturated rings. The Hall–Kier alpha value is -2.99. The van der Waals surface area contributed by atoms with Crippen molar-refractivity contribution in [2.24, 2.45) is 0 Å². The summed E-state index contributed by atoms with van der Waals surface area (Å²) in [5.74, 6) is 2.69. The van der Waals surface area contributed by atoms with Gasteiger partial charge in [-0.3, -0.25) is 9.80 Å². The fourth-order valence-corrected chi connectivity index (χ4v) is 6.36. The maximum absolute atomic E-state index is 10.6. The average molecular weight is 466 g/mol. The van der Waals surface area contributed by atoms with Crippen LogP contribution in [0.4, 0.5) is 0 Å². The summed E-state index contributed by atoms with van der Waals surface area (Å²) in [5.41, 5.74) is 4.47. The second-order valence-electron chi connectivity index (χ2n) is 9.18. The smallest absolute Gasteiger partial charge is 0.161 e. The molecular weight excluding hydrogens is 434 g/mol. The van der Waals surface area contributed by atoms with E-state index in [4.69, 9.17) is 18.9 Å². The van der Waals surface area contributed by atoms with Gasteiger partial charge in [-0.2, -0.15) is 5.26 Å². The number of nitriles is 1. The van der Waals surface area contributed by atoms with Crippen molar-refractivity contribution in [3.8, 4) is 29.1 Å². The van der Waals surface area contributed by atoms with Gasteiger partial charge in [0, 0.05) is 12.1 Å². The summed E-state index contributed by atoms with van der Waals surface area (Å²) >= 11 is 0. The Bertz CT molecular complexity index is 1150. The SMILES string of the molecule is COc1cc2c(cc1OC)[C@@H]1[C@@H]3Cc4cc(OC)c(OC)cc4[C@H](CO)N3[C@@H](C#N)[C@H](C2)N1C. The number of benzene rings is 2. The molecule has 1 saturated heterocycles. The van der Waals surface area contributed by atoms with E-state index in [1.54, 1.807) is 28.4 Å². The molecule has 0 unspecified atom stereocenters. The molecule has 5 rings (SSSR count). The second kappa shape index (κ2) is 8.66. The molecule has 5 atom stereocenters. The highest BCUT2D eigenvalue weighted by molar-refractivity contribution is 5.53. The van der Waals surface area contributed by atoms with Gasteiger partial charge >= 0.3 is 0 Å². The van der Waals surface area contributed by atoms with Crippen LogP contribution in [0.1, 0.15) is 34.3 Å². The fourth-order valence-electron chi connectivity index (χ4n) is 6.36. The lowest BCUT2D eigenvalue weighted by Gasteiger charge is -2.59. The van der Waals surface area contributed by atoms with Crippen LogP contribution in [0, 0.1) is 11.3 Å². The van der Waals surface area contributed by atoms with Crippen molar-refractivity contribution in [1.29, 1.82) is 5.26 Å². The van der Waals surface area contributed by atoms with Gasteiger partial charge in [0.15, 0.2) is 23.0 Å². The van der Waals surface area contributed by atoms with Crippen LogP contribution in [0.3, 0.4) is 0 Å². The largest absolute Gasteiger partial charge is 0.493 e. The number of fused-ring (bicyclic) bond motifs is 7. The second-order valence-corrected chi connectivity index (χ2v) is 9.18. The molecule has 2 aromatic carbocycles. The number of hydrogen-bond donors (Lipinski definition) is 1. The number of aliphatic hydroxyl groups excluding tert-OH is 1. The van der Waals surface area contributed by atoms with Gasteiger partial charge in [-0.05, 0) is 66.4 Å². The van der Waals surface area contributed by atoms with Gasteiger partial charge in [-0.15, -0.1) is 0 Å². The number of piperazine rings is 1. The number of methoxy groups -OCH3 is 4. The predicted molar refractivity (Wildman–Crippen MR) is 126 cm³/mol. The van der Waals surface area contributed by atoms with Crippen molar-refractivity contribution >= 4 is 0 Å². The number of rotatable bonds is 5. The number of aliphatic hydroxyl groups is 1.